The van der Waals surface area contributed by atoms with Crippen LogP contribution in [0.15, 0.2) is 47.9 Å². The molecule has 0 saturated carbocycles. The van der Waals surface area contributed by atoms with Gasteiger partial charge in [0.15, 0.2) is 22.2 Å². The van der Waals surface area contributed by atoms with E-state index in [1.54, 1.807) is 6.07 Å². The van der Waals surface area contributed by atoms with Gasteiger partial charge in [0.2, 0.25) is 5.88 Å². The normalized spacial score (nSPS) is 11.1. The van der Waals surface area contributed by atoms with Gasteiger partial charge < -0.3 is 10.5 Å². The van der Waals surface area contributed by atoms with Gasteiger partial charge in [-0.15, -0.1) is 0 Å². The highest BCUT2D eigenvalue weighted by atomic mass is 35.5. The Hall–Kier alpha value is -3.95. The highest BCUT2D eigenvalue weighted by molar-refractivity contribution is 7.92. The van der Waals surface area contributed by atoms with Crippen molar-refractivity contribution in [3.05, 3.63) is 65.1 Å². The van der Waals surface area contributed by atoms with Gasteiger partial charge in [-0.2, -0.15) is 5.10 Å². The van der Waals surface area contributed by atoms with Crippen LogP contribution in [0.1, 0.15) is 11.3 Å². The van der Waals surface area contributed by atoms with Gasteiger partial charge in [-0.05, 0) is 24.1 Å². The molecular formula is C19H13ClFN7O3S. The third kappa shape index (κ3) is 3.98. The van der Waals surface area contributed by atoms with Crippen molar-refractivity contribution in [2.45, 2.75) is 4.90 Å². The SMILES string of the molecule is COc1ncc(Cl)cc1S(=O)(=O)Nc1nccc(C#Cc2cnc3c(N)ccnn23)c1F. The smallest absolute Gasteiger partial charge is 0.268 e. The number of rotatable bonds is 4. The lowest BCUT2D eigenvalue weighted by atomic mass is 10.2. The number of pyridine rings is 2. The molecule has 0 aliphatic heterocycles. The van der Waals surface area contributed by atoms with E-state index >= 15 is 0 Å². The molecule has 0 saturated heterocycles. The molecule has 0 amide bonds. The molecule has 0 fully saturated rings. The van der Waals surface area contributed by atoms with Gasteiger partial charge in [0.1, 0.15) is 5.69 Å². The molecule has 32 heavy (non-hydrogen) atoms. The van der Waals surface area contributed by atoms with E-state index in [9.17, 15) is 12.8 Å². The number of fused-ring (bicyclic) bond motifs is 1. The minimum atomic E-state index is -4.32. The summed E-state index contributed by atoms with van der Waals surface area (Å²) in [6, 6.07) is 4.01. The van der Waals surface area contributed by atoms with Crippen LogP contribution in [0.3, 0.4) is 0 Å². The summed E-state index contributed by atoms with van der Waals surface area (Å²) in [6.45, 7) is 0. The predicted octanol–water partition coefficient (Wildman–Crippen LogP) is 2.10. The number of hydrogen-bond donors (Lipinski definition) is 2. The van der Waals surface area contributed by atoms with Gasteiger partial charge in [-0.25, -0.2) is 32.3 Å². The Kier molecular flexibility index (Phi) is 5.52. The van der Waals surface area contributed by atoms with Crippen LogP contribution in [-0.2, 0) is 10.0 Å². The highest BCUT2D eigenvalue weighted by Gasteiger charge is 2.24. The second kappa shape index (κ2) is 8.29. The van der Waals surface area contributed by atoms with Crippen LogP contribution < -0.4 is 15.2 Å². The minimum absolute atomic E-state index is 0.0569. The lowest BCUT2D eigenvalue weighted by Gasteiger charge is -2.11. The third-order valence-electron chi connectivity index (χ3n) is 4.15. The van der Waals surface area contributed by atoms with Crippen molar-refractivity contribution in [2.24, 2.45) is 0 Å². The molecule has 0 spiro atoms. The van der Waals surface area contributed by atoms with Crippen molar-refractivity contribution in [1.82, 2.24) is 24.6 Å². The molecule has 4 rings (SSSR count). The number of nitrogen functional groups attached to an aromatic ring is 1. The molecule has 0 aromatic carbocycles. The van der Waals surface area contributed by atoms with E-state index in [4.69, 9.17) is 22.1 Å². The van der Waals surface area contributed by atoms with Gasteiger partial charge in [0.05, 0.1) is 35.8 Å². The van der Waals surface area contributed by atoms with E-state index < -0.39 is 21.7 Å². The van der Waals surface area contributed by atoms with E-state index in [1.807, 2.05) is 0 Å². The number of sulfonamides is 1. The molecule has 0 atom stereocenters. The molecule has 0 bridgehead atoms. The van der Waals surface area contributed by atoms with Crippen LogP contribution in [0.4, 0.5) is 15.9 Å². The van der Waals surface area contributed by atoms with Crippen molar-refractivity contribution in [1.29, 1.82) is 0 Å². The topological polar surface area (TPSA) is 137 Å². The number of nitrogens with zero attached hydrogens (tertiary/aromatic N) is 5. The van der Waals surface area contributed by atoms with Crippen LogP contribution >= 0.6 is 11.6 Å². The zero-order valence-electron chi connectivity index (χ0n) is 16.2. The summed E-state index contributed by atoms with van der Waals surface area (Å²) in [6.07, 6.45) is 5.35. The lowest BCUT2D eigenvalue weighted by Crippen LogP contribution is -2.17. The molecule has 10 nitrogen and oxygen atoms in total. The van der Waals surface area contributed by atoms with Gasteiger partial charge in [-0.3, -0.25) is 4.72 Å². The molecule has 4 aromatic heterocycles. The highest BCUT2D eigenvalue weighted by Crippen LogP contribution is 2.27. The van der Waals surface area contributed by atoms with E-state index in [1.165, 1.54) is 42.5 Å². The van der Waals surface area contributed by atoms with Crippen LogP contribution in [0.5, 0.6) is 5.88 Å². The first kappa shape index (κ1) is 21.3. The van der Waals surface area contributed by atoms with Crippen molar-refractivity contribution in [2.75, 3.05) is 17.6 Å². The Morgan fingerprint density at radius 1 is 1.19 bits per heavy atom. The zero-order valence-corrected chi connectivity index (χ0v) is 17.8. The largest absolute Gasteiger partial charge is 0.480 e. The maximum atomic E-state index is 15.0. The zero-order chi connectivity index (χ0) is 22.9. The number of imidazole rings is 1. The summed E-state index contributed by atoms with van der Waals surface area (Å²) in [5.41, 5.74) is 6.90. The number of ether oxygens (including phenoxy) is 1. The fraction of sp³-hybridized carbons (Fsp3) is 0.0526. The second-order valence-corrected chi connectivity index (χ2v) is 8.29. The summed E-state index contributed by atoms with van der Waals surface area (Å²) in [5.74, 6) is 3.62. The molecule has 0 aliphatic carbocycles. The van der Waals surface area contributed by atoms with Crippen LogP contribution in [0.25, 0.3) is 5.65 Å². The monoisotopic (exact) mass is 473 g/mol. The van der Waals surface area contributed by atoms with Crippen molar-refractivity contribution < 1.29 is 17.5 Å². The molecular weight excluding hydrogens is 461 g/mol. The summed E-state index contributed by atoms with van der Waals surface area (Å²) in [5, 5.41) is 4.16. The predicted molar refractivity (Wildman–Crippen MR) is 114 cm³/mol. The standard InChI is InChI=1S/C19H13ClFN7O3S/c1-31-19-15(8-12(20)9-25-19)32(29,30)27-17-16(21)11(4-6-23-17)2-3-13-10-24-18-14(22)5-7-26-28(13)18/h4-10H,22H2,1H3,(H,23,27). The van der Waals surface area contributed by atoms with Crippen molar-refractivity contribution in [3.63, 3.8) is 0 Å². The number of anilines is 2. The summed E-state index contributed by atoms with van der Waals surface area (Å²) < 4.78 is 48.9. The average Bonchev–Trinajstić information content (AvgIpc) is 3.19. The van der Waals surface area contributed by atoms with Gasteiger partial charge >= 0.3 is 0 Å². The van der Waals surface area contributed by atoms with Gasteiger partial charge in [0.25, 0.3) is 10.0 Å². The summed E-state index contributed by atoms with van der Waals surface area (Å²) in [4.78, 5) is 11.3. The van der Waals surface area contributed by atoms with E-state index in [0.717, 1.165) is 6.07 Å². The Morgan fingerprint density at radius 3 is 2.78 bits per heavy atom. The van der Waals surface area contributed by atoms with E-state index in [-0.39, 0.29) is 21.4 Å². The number of nitrogens with two attached hydrogens (primary N) is 1. The summed E-state index contributed by atoms with van der Waals surface area (Å²) in [7, 11) is -3.08. The number of halogens is 2. The molecule has 3 N–H and O–H groups in total. The molecule has 0 aliphatic rings. The second-order valence-electron chi connectivity index (χ2n) is 6.20. The number of nitrogens with one attached hydrogen (secondary N) is 1. The molecule has 13 heteroatoms. The van der Waals surface area contributed by atoms with Crippen molar-refractivity contribution >= 4 is 38.8 Å². The quantitative estimate of drug-likeness (QED) is 0.430. The minimum Gasteiger partial charge on any atom is -0.480 e. The average molecular weight is 474 g/mol. The number of hydrogen-bond acceptors (Lipinski definition) is 8. The number of aromatic nitrogens is 5. The molecule has 4 heterocycles. The fourth-order valence-corrected chi connectivity index (χ4v) is 4.06. The first-order valence-corrected chi connectivity index (χ1v) is 10.6. The molecule has 0 unspecified atom stereocenters. The van der Waals surface area contributed by atoms with Gasteiger partial charge in [0, 0.05) is 12.4 Å². The van der Waals surface area contributed by atoms with Gasteiger partial charge in [-0.1, -0.05) is 17.5 Å². The fourth-order valence-electron chi connectivity index (χ4n) is 2.68. The third-order valence-corrected chi connectivity index (χ3v) is 5.69. The van der Waals surface area contributed by atoms with E-state index in [0.29, 0.717) is 17.0 Å². The van der Waals surface area contributed by atoms with Crippen LogP contribution in [0.2, 0.25) is 5.02 Å². The molecule has 4 aromatic rings. The van der Waals surface area contributed by atoms with Crippen LogP contribution in [0, 0.1) is 17.7 Å². The first-order valence-electron chi connectivity index (χ1n) is 8.77. The lowest BCUT2D eigenvalue weighted by molar-refractivity contribution is 0.385. The Balaban J connectivity index is 1.69. The molecule has 0 radical (unpaired) electrons. The molecule has 162 valence electrons. The van der Waals surface area contributed by atoms with Crippen LogP contribution in [-0.4, -0.2) is 40.1 Å². The Bertz CT molecular complexity index is 1510. The number of methoxy groups -OCH3 is 1. The van der Waals surface area contributed by atoms with E-state index in [2.05, 4.69) is 36.6 Å². The maximum Gasteiger partial charge on any atom is 0.268 e. The maximum absolute atomic E-state index is 15.0. The summed E-state index contributed by atoms with van der Waals surface area (Å²) >= 11 is 5.84. The Labute approximate surface area is 186 Å². The van der Waals surface area contributed by atoms with Crippen molar-refractivity contribution in [3.8, 4) is 17.7 Å². The Morgan fingerprint density at radius 2 is 2.00 bits per heavy atom. The first-order chi connectivity index (χ1) is 15.3.